The molecule has 7 heteroatoms. The lowest BCUT2D eigenvalue weighted by Crippen LogP contribution is -2.54. The minimum Gasteiger partial charge on any atom is -0.365 e. The zero-order chi connectivity index (χ0) is 15.8. The van der Waals surface area contributed by atoms with Gasteiger partial charge in [0.05, 0.1) is 11.7 Å². The molecule has 23 heavy (non-hydrogen) atoms. The summed E-state index contributed by atoms with van der Waals surface area (Å²) in [5, 5.41) is 8.98. The smallest absolute Gasteiger partial charge is 0.157 e. The zero-order valence-electron chi connectivity index (χ0n) is 13.3. The fourth-order valence-corrected chi connectivity index (χ4v) is 3.07. The van der Waals surface area contributed by atoms with Gasteiger partial charge < -0.3 is 5.32 Å². The van der Waals surface area contributed by atoms with Crippen LogP contribution in [0.15, 0.2) is 30.9 Å². The van der Waals surface area contributed by atoms with Gasteiger partial charge in [0, 0.05) is 44.5 Å². The van der Waals surface area contributed by atoms with Crippen molar-refractivity contribution in [1.29, 1.82) is 0 Å². The molecule has 0 saturated carbocycles. The average Bonchev–Trinajstić information content (AvgIpc) is 2.81. The maximum absolute atomic E-state index is 4.54. The first-order chi connectivity index (χ1) is 11.2. The molecule has 3 aromatic heterocycles. The van der Waals surface area contributed by atoms with Crippen molar-refractivity contribution in [1.82, 2.24) is 29.6 Å². The monoisotopic (exact) mass is 309 g/mol. The van der Waals surface area contributed by atoms with Crippen molar-refractivity contribution in [3.63, 3.8) is 0 Å². The molecule has 118 valence electrons. The Hall–Kier alpha value is -2.54. The van der Waals surface area contributed by atoms with Crippen LogP contribution in [0.5, 0.6) is 0 Å². The Morgan fingerprint density at radius 1 is 1.30 bits per heavy atom. The van der Waals surface area contributed by atoms with E-state index in [4.69, 9.17) is 0 Å². The number of likely N-dealkylation sites (tertiary alicyclic amines) is 1. The highest BCUT2D eigenvalue weighted by molar-refractivity contribution is 5.78. The Morgan fingerprint density at radius 3 is 2.96 bits per heavy atom. The van der Waals surface area contributed by atoms with Crippen LogP contribution >= 0.6 is 0 Å². The summed E-state index contributed by atoms with van der Waals surface area (Å²) in [6, 6.07) is 4.54. The Morgan fingerprint density at radius 2 is 2.17 bits per heavy atom. The summed E-state index contributed by atoms with van der Waals surface area (Å²) in [6.45, 7) is 4.96. The van der Waals surface area contributed by atoms with Crippen molar-refractivity contribution in [2.75, 3.05) is 18.4 Å². The number of hydrogen-bond acceptors (Lipinski definition) is 6. The summed E-state index contributed by atoms with van der Waals surface area (Å²) in [7, 11) is 1.93. The molecule has 0 aliphatic carbocycles. The molecular weight excluding hydrogens is 290 g/mol. The minimum absolute atomic E-state index is 0.446. The van der Waals surface area contributed by atoms with E-state index < -0.39 is 0 Å². The van der Waals surface area contributed by atoms with E-state index in [0.717, 1.165) is 42.2 Å². The van der Waals surface area contributed by atoms with Gasteiger partial charge in [0.2, 0.25) is 0 Å². The standard InChI is InChI=1S/C16H19N7/c1-11-14-5-12(6-18-16(14)22(2)21-11)7-23-8-13(9-23)20-15-3-4-17-10-19-15/h3-6,10,13H,7-9H2,1-2H3,(H,17,19,20). The lowest BCUT2D eigenvalue weighted by Gasteiger charge is -2.39. The molecular formula is C16H19N7. The van der Waals surface area contributed by atoms with Gasteiger partial charge in [-0.2, -0.15) is 5.10 Å². The van der Waals surface area contributed by atoms with Gasteiger partial charge >= 0.3 is 0 Å². The highest BCUT2D eigenvalue weighted by Crippen LogP contribution is 2.20. The highest BCUT2D eigenvalue weighted by Gasteiger charge is 2.26. The fraction of sp³-hybridized carbons (Fsp3) is 0.375. The first-order valence-electron chi connectivity index (χ1n) is 7.72. The number of nitrogens with one attached hydrogen (secondary N) is 1. The van der Waals surface area contributed by atoms with Crippen molar-refractivity contribution in [2.24, 2.45) is 7.05 Å². The maximum Gasteiger partial charge on any atom is 0.157 e. The second-order valence-electron chi connectivity index (χ2n) is 6.05. The van der Waals surface area contributed by atoms with E-state index in [-0.39, 0.29) is 0 Å². The van der Waals surface area contributed by atoms with E-state index in [1.54, 1.807) is 12.5 Å². The third-order valence-electron chi connectivity index (χ3n) is 4.22. The lowest BCUT2D eigenvalue weighted by atomic mass is 10.1. The van der Waals surface area contributed by atoms with Crippen molar-refractivity contribution in [3.05, 3.63) is 42.1 Å². The molecule has 0 spiro atoms. The highest BCUT2D eigenvalue weighted by atomic mass is 15.3. The van der Waals surface area contributed by atoms with Crippen LogP contribution in [0, 0.1) is 6.92 Å². The van der Waals surface area contributed by atoms with Gasteiger partial charge in [0.1, 0.15) is 12.1 Å². The molecule has 4 rings (SSSR count). The van der Waals surface area contributed by atoms with E-state index >= 15 is 0 Å². The average molecular weight is 309 g/mol. The second kappa shape index (κ2) is 5.58. The van der Waals surface area contributed by atoms with Crippen molar-refractivity contribution < 1.29 is 0 Å². The summed E-state index contributed by atoms with van der Waals surface area (Å²) in [6.07, 6.45) is 5.27. The van der Waals surface area contributed by atoms with Gasteiger partial charge in [0.15, 0.2) is 5.65 Å². The summed E-state index contributed by atoms with van der Waals surface area (Å²) < 4.78 is 1.83. The molecule has 3 aromatic rings. The number of rotatable bonds is 4. The number of pyridine rings is 1. The Labute approximate surface area is 134 Å². The fourth-order valence-electron chi connectivity index (χ4n) is 3.07. The number of anilines is 1. The van der Waals surface area contributed by atoms with Crippen molar-refractivity contribution in [2.45, 2.75) is 19.5 Å². The second-order valence-corrected chi connectivity index (χ2v) is 6.05. The van der Waals surface area contributed by atoms with E-state index in [2.05, 4.69) is 36.3 Å². The van der Waals surface area contributed by atoms with E-state index in [9.17, 15) is 0 Å². The summed E-state index contributed by atoms with van der Waals surface area (Å²) >= 11 is 0. The van der Waals surface area contributed by atoms with Crippen LogP contribution < -0.4 is 5.32 Å². The van der Waals surface area contributed by atoms with Gasteiger partial charge in [-0.1, -0.05) is 0 Å². The molecule has 4 heterocycles. The third kappa shape index (κ3) is 2.75. The van der Waals surface area contributed by atoms with Crippen LogP contribution in [0.3, 0.4) is 0 Å². The molecule has 0 unspecified atom stereocenters. The van der Waals surface area contributed by atoms with Crippen molar-refractivity contribution >= 4 is 16.9 Å². The topological polar surface area (TPSA) is 71.8 Å². The van der Waals surface area contributed by atoms with E-state index in [1.165, 1.54) is 5.56 Å². The number of aryl methyl sites for hydroxylation is 2. The SMILES string of the molecule is Cc1nn(C)c2ncc(CN3CC(Nc4ccncn4)C3)cc12. The third-order valence-corrected chi connectivity index (χ3v) is 4.22. The molecule has 0 aromatic carbocycles. The van der Waals surface area contributed by atoms with Crippen LogP contribution in [0.1, 0.15) is 11.3 Å². The minimum atomic E-state index is 0.446. The van der Waals surface area contributed by atoms with Crippen molar-refractivity contribution in [3.8, 4) is 0 Å². The molecule has 1 aliphatic rings. The summed E-state index contributed by atoms with van der Waals surface area (Å²) in [4.78, 5) is 15.1. The first-order valence-corrected chi connectivity index (χ1v) is 7.72. The molecule has 0 bridgehead atoms. The number of hydrogen-bond donors (Lipinski definition) is 1. The van der Waals surface area contributed by atoms with Crippen LogP contribution in [0.25, 0.3) is 11.0 Å². The van der Waals surface area contributed by atoms with Crippen LogP contribution in [0.4, 0.5) is 5.82 Å². The largest absolute Gasteiger partial charge is 0.365 e. The normalized spacial score (nSPS) is 15.7. The molecule has 1 N–H and O–H groups in total. The van der Waals surface area contributed by atoms with Crippen LogP contribution in [-0.2, 0) is 13.6 Å². The molecule has 7 nitrogen and oxygen atoms in total. The van der Waals surface area contributed by atoms with Gasteiger partial charge in [0.25, 0.3) is 0 Å². The zero-order valence-corrected chi connectivity index (χ0v) is 13.3. The Kier molecular flexibility index (Phi) is 3.42. The maximum atomic E-state index is 4.54. The van der Waals surface area contributed by atoms with Gasteiger partial charge in [-0.3, -0.25) is 9.58 Å². The summed E-state index contributed by atoms with van der Waals surface area (Å²) in [5.41, 5.74) is 3.20. The molecule has 0 radical (unpaired) electrons. The number of fused-ring (bicyclic) bond motifs is 1. The van der Waals surface area contributed by atoms with Gasteiger partial charge in [-0.15, -0.1) is 0 Å². The predicted octanol–water partition coefficient (Wildman–Crippen LogP) is 1.36. The van der Waals surface area contributed by atoms with E-state index in [0.29, 0.717) is 6.04 Å². The first kappa shape index (κ1) is 14.1. The molecule has 1 fully saturated rings. The Bertz CT molecular complexity index is 821. The lowest BCUT2D eigenvalue weighted by molar-refractivity contribution is 0.153. The van der Waals surface area contributed by atoms with Gasteiger partial charge in [-0.25, -0.2) is 15.0 Å². The van der Waals surface area contributed by atoms with Gasteiger partial charge in [-0.05, 0) is 24.6 Å². The van der Waals surface area contributed by atoms with Crippen LogP contribution in [-0.4, -0.2) is 48.8 Å². The predicted molar refractivity (Wildman–Crippen MR) is 88.0 cm³/mol. The van der Waals surface area contributed by atoms with Crippen LogP contribution in [0.2, 0.25) is 0 Å². The molecule has 1 aliphatic heterocycles. The summed E-state index contributed by atoms with van der Waals surface area (Å²) in [5.74, 6) is 0.888. The Balaban J connectivity index is 1.38. The van der Waals surface area contributed by atoms with E-state index in [1.807, 2.05) is 30.9 Å². The number of nitrogens with zero attached hydrogens (tertiary/aromatic N) is 6. The molecule has 1 saturated heterocycles. The quantitative estimate of drug-likeness (QED) is 0.784. The molecule has 0 atom stereocenters. The molecule has 0 amide bonds. The number of aromatic nitrogens is 5.